The molecule has 0 saturated carbocycles. The van der Waals surface area contributed by atoms with E-state index in [9.17, 15) is 4.79 Å². The first kappa shape index (κ1) is 18.2. The number of morpholine rings is 2. The van der Waals surface area contributed by atoms with Gasteiger partial charge in [0.25, 0.3) is 5.91 Å². The monoisotopic (exact) mass is 370 g/mol. The first-order valence-corrected chi connectivity index (χ1v) is 9.61. The molecule has 7 nitrogen and oxygen atoms in total. The van der Waals surface area contributed by atoms with E-state index in [0.29, 0.717) is 25.3 Å². The molecule has 1 N–H and O–H groups in total. The van der Waals surface area contributed by atoms with Gasteiger partial charge in [0.05, 0.1) is 32.0 Å². The van der Waals surface area contributed by atoms with Crippen molar-refractivity contribution >= 4 is 22.5 Å². The fraction of sp³-hybridized carbons (Fsp3) is 0.500. The Morgan fingerprint density at radius 1 is 1.00 bits per heavy atom. The molecule has 0 atom stereocenters. The van der Waals surface area contributed by atoms with E-state index in [4.69, 9.17) is 9.47 Å². The summed E-state index contributed by atoms with van der Waals surface area (Å²) >= 11 is 0. The van der Waals surface area contributed by atoms with Crippen molar-refractivity contribution in [3.63, 3.8) is 0 Å². The number of anilines is 1. The summed E-state index contributed by atoms with van der Waals surface area (Å²) in [6.07, 6.45) is 1.71. The van der Waals surface area contributed by atoms with Gasteiger partial charge in [-0.25, -0.2) is 4.98 Å². The molecule has 144 valence electrons. The number of benzene rings is 1. The Hall–Kier alpha value is -2.22. The Morgan fingerprint density at radius 2 is 1.67 bits per heavy atom. The van der Waals surface area contributed by atoms with Crippen molar-refractivity contribution in [2.45, 2.75) is 0 Å². The Morgan fingerprint density at radius 3 is 2.41 bits per heavy atom. The Kier molecular flexibility index (Phi) is 5.81. The molecule has 2 aliphatic heterocycles. The number of hydrogen-bond donors (Lipinski definition) is 1. The van der Waals surface area contributed by atoms with Crippen molar-refractivity contribution in [1.29, 1.82) is 0 Å². The maximum absolute atomic E-state index is 12.8. The van der Waals surface area contributed by atoms with E-state index in [1.165, 1.54) is 0 Å². The first-order valence-electron chi connectivity index (χ1n) is 9.61. The van der Waals surface area contributed by atoms with Gasteiger partial charge in [-0.15, -0.1) is 0 Å². The van der Waals surface area contributed by atoms with Gasteiger partial charge in [0.1, 0.15) is 5.82 Å². The number of carbonyl (C=O) groups is 1. The summed E-state index contributed by atoms with van der Waals surface area (Å²) in [7, 11) is 0. The predicted molar refractivity (Wildman–Crippen MR) is 104 cm³/mol. The highest BCUT2D eigenvalue weighted by atomic mass is 16.5. The molecule has 1 aromatic carbocycles. The zero-order valence-electron chi connectivity index (χ0n) is 15.5. The van der Waals surface area contributed by atoms with Crippen LogP contribution in [0, 0.1) is 0 Å². The van der Waals surface area contributed by atoms with Gasteiger partial charge < -0.3 is 19.7 Å². The lowest BCUT2D eigenvalue weighted by Gasteiger charge is -2.29. The van der Waals surface area contributed by atoms with E-state index in [1.54, 1.807) is 6.20 Å². The fourth-order valence-electron chi connectivity index (χ4n) is 3.63. The average molecular weight is 370 g/mol. The van der Waals surface area contributed by atoms with Gasteiger partial charge in [-0.2, -0.15) is 0 Å². The van der Waals surface area contributed by atoms with E-state index in [1.807, 2.05) is 24.3 Å². The SMILES string of the molecule is O=C(NCCN1CCOCC1)c1cnc(N2CCOCC2)c2ccccc12. The molecular formula is C20H26N4O3. The number of carbonyl (C=O) groups excluding carboxylic acids is 1. The molecule has 4 rings (SSSR count). The third kappa shape index (κ3) is 4.21. The van der Waals surface area contributed by atoms with Gasteiger partial charge in [0.15, 0.2) is 0 Å². The van der Waals surface area contributed by atoms with Gasteiger partial charge in [0, 0.05) is 50.9 Å². The van der Waals surface area contributed by atoms with Gasteiger partial charge in [-0.05, 0) is 5.39 Å². The minimum atomic E-state index is -0.0690. The van der Waals surface area contributed by atoms with Crippen LogP contribution in [0.2, 0.25) is 0 Å². The topological polar surface area (TPSA) is 66.9 Å². The summed E-state index contributed by atoms with van der Waals surface area (Å²) in [5.74, 6) is 0.860. The summed E-state index contributed by atoms with van der Waals surface area (Å²) in [6, 6.07) is 8.00. The number of nitrogens with one attached hydrogen (secondary N) is 1. The molecule has 2 aliphatic rings. The van der Waals surface area contributed by atoms with Crippen molar-refractivity contribution in [2.75, 3.05) is 70.6 Å². The second-order valence-corrected chi connectivity index (χ2v) is 6.85. The van der Waals surface area contributed by atoms with Crippen LogP contribution >= 0.6 is 0 Å². The number of hydrogen-bond acceptors (Lipinski definition) is 6. The molecule has 27 heavy (non-hydrogen) atoms. The zero-order valence-corrected chi connectivity index (χ0v) is 15.5. The van der Waals surface area contributed by atoms with E-state index in [-0.39, 0.29) is 5.91 Å². The predicted octanol–water partition coefficient (Wildman–Crippen LogP) is 1.13. The van der Waals surface area contributed by atoms with Crippen LogP contribution in [0.4, 0.5) is 5.82 Å². The molecule has 3 heterocycles. The van der Waals surface area contributed by atoms with Crippen LogP contribution in [0.5, 0.6) is 0 Å². The quantitative estimate of drug-likeness (QED) is 0.851. The molecule has 0 radical (unpaired) electrons. The molecule has 0 unspecified atom stereocenters. The van der Waals surface area contributed by atoms with E-state index < -0.39 is 0 Å². The minimum Gasteiger partial charge on any atom is -0.379 e. The highest BCUT2D eigenvalue weighted by Crippen LogP contribution is 2.27. The molecule has 2 saturated heterocycles. The number of rotatable bonds is 5. The van der Waals surface area contributed by atoms with Crippen LogP contribution in [0.3, 0.4) is 0 Å². The van der Waals surface area contributed by atoms with E-state index in [2.05, 4.69) is 20.1 Å². The van der Waals surface area contributed by atoms with Crippen LogP contribution in [0.25, 0.3) is 10.8 Å². The number of ether oxygens (including phenoxy) is 2. The summed E-state index contributed by atoms with van der Waals surface area (Å²) in [5.41, 5.74) is 0.629. The standard InChI is InChI=1S/C20H26N4O3/c25-20(21-5-6-23-7-11-26-12-8-23)18-15-22-19(24-9-13-27-14-10-24)17-4-2-1-3-16(17)18/h1-4,15H,5-14H2,(H,21,25). The Labute approximate surface area is 159 Å². The third-order valence-corrected chi connectivity index (χ3v) is 5.15. The molecule has 7 heteroatoms. The van der Waals surface area contributed by atoms with Gasteiger partial charge in [-0.3, -0.25) is 9.69 Å². The lowest BCUT2D eigenvalue weighted by atomic mass is 10.1. The zero-order chi connectivity index (χ0) is 18.5. The van der Waals surface area contributed by atoms with Crippen molar-refractivity contribution in [1.82, 2.24) is 15.2 Å². The number of aromatic nitrogens is 1. The number of amides is 1. The Balaban J connectivity index is 1.48. The highest BCUT2D eigenvalue weighted by molar-refractivity contribution is 6.09. The lowest BCUT2D eigenvalue weighted by molar-refractivity contribution is 0.0383. The molecule has 0 bridgehead atoms. The maximum atomic E-state index is 12.8. The number of nitrogens with zero attached hydrogens (tertiary/aromatic N) is 3. The average Bonchev–Trinajstić information content (AvgIpc) is 2.74. The molecule has 1 amide bonds. The van der Waals surface area contributed by atoms with Crippen molar-refractivity contribution in [3.05, 3.63) is 36.0 Å². The summed E-state index contributed by atoms with van der Waals surface area (Å²) in [6.45, 7) is 7.91. The van der Waals surface area contributed by atoms with Crippen LogP contribution in [-0.2, 0) is 9.47 Å². The van der Waals surface area contributed by atoms with Gasteiger partial charge >= 0.3 is 0 Å². The van der Waals surface area contributed by atoms with Gasteiger partial charge in [-0.1, -0.05) is 24.3 Å². The first-order chi connectivity index (χ1) is 13.3. The second-order valence-electron chi connectivity index (χ2n) is 6.85. The van der Waals surface area contributed by atoms with Crippen LogP contribution in [-0.4, -0.2) is 81.5 Å². The fourth-order valence-corrected chi connectivity index (χ4v) is 3.63. The second kappa shape index (κ2) is 8.65. The van der Waals surface area contributed by atoms with Gasteiger partial charge in [0.2, 0.25) is 0 Å². The molecule has 1 aromatic heterocycles. The van der Waals surface area contributed by atoms with Crippen LogP contribution in [0.1, 0.15) is 10.4 Å². The molecule has 0 aliphatic carbocycles. The smallest absolute Gasteiger partial charge is 0.253 e. The van der Waals surface area contributed by atoms with E-state index >= 15 is 0 Å². The minimum absolute atomic E-state index is 0.0690. The Bertz CT molecular complexity index is 786. The van der Waals surface area contributed by atoms with Crippen molar-refractivity contribution in [3.8, 4) is 0 Å². The number of pyridine rings is 1. The van der Waals surface area contributed by atoms with E-state index in [0.717, 1.165) is 62.5 Å². The van der Waals surface area contributed by atoms with Crippen molar-refractivity contribution < 1.29 is 14.3 Å². The largest absolute Gasteiger partial charge is 0.379 e. The van der Waals surface area contributed by atoms with Crippen molar-refractivity contribution in [2.24, 2.45) is 0 Å². The molecular weight excluding hydrogens is 344 g/mol. The summed E-state index contributed by atoms with van der Waals surface area (Å²) in [5, 5.41) is 5.00. The van der Waals surface area contributed by atoms with Crippen LogP contribution < -0.4 is 10.2 Å². The summed E-state index contributed by atoms with van der Waals surface area (Å²) < 4.78 is 10.8. The molecule has 0 spiro atoms. The maximum Gasteiger partial charge on any atom is 0.253 e. The molecule has 2 fully saturated rings. The molecule has 2 aromatic rings. The normalized spacial score (nSPS) is 18.6. The number of fused-ring (bicyclic) bond motifs is 1. The summed E-state index contributed by atoms with van der Waals surface area (Å²) in [4.78, 5) is 21.9. The lowest BCUT2D eigenvalue weighted by Crippen LogP contribution is -2.41. The third-order valence-electron chi connectivity index (χ3n) is 5.15. The van der Waals surface area contributed by atoms with Crippen LogP contribution in [0.15, 0.2) is 30.5 Å². The highest BCUT2D eigenvalue weighted by Gasteiger charge is 2.19.